The van der Waals surface area contributed by atoms with Crippen LogP contribution in [0.2, 0.25) is 5.02 Å². The van der Waals surface area contributed by atoms with Gasteiger partial charge in [0, 0.05) is 9.99 Å². The lowest BCUT2D eigenvalue weighted by atomic mass is 10.1. The van der Waals surface area contributed by atoms with E-state index in [1.165, 1.54) is 0 Å². The van der Waals surface area contributed by atoms with E-state index in [1.54, 1.807) is 0 Å². The number of benzene rings is 1. The van der Waals surface area contributed by atoms with Crippen molar-refractivity contribution in [3.63, 3.8) is 0 Å². The Morgan fingerprint density at radius 1 is 1.50 bits per heavy atom. The van der Waals surface area contributed by atoms with Gasteiger partial charge in [-0.3, -0.25) is 4.79 Å². The van der Waals surface area contributed by atoms with Gasteiger partial charge in [-0.15, -0.1) is 0 Å². The second-order valence-corrected chi connectivity index (χ2v) is 6.29. The molecule has 18 heavy (non-hydrogen) atoms. The quantitative estimate of drug-likeness (QED) is 0.603. The zero-order valence-electron chi connectivity index (χ0n) is 10.1. The van der Waals surface area contributed by atoms with Crippen LogP contribution in [0.5, 0.6) is 0 Å². The molecule has 1 aromatic carbocycles. The van der Waals surface area contributed by atoms with Crippen molar-refractivity contribution in [1.29, 1.82) is 0 Å². The molecule has 0 saturated heterocycles. The number of anilines is 1. The van der Waals surface area contributed by atoms with Gasteiger partial charge in [0.05, 0.1) is 10.7 Å². The Bertz CT molecular complexity index is 465. The minimum absolute atomic E-state index is 0.0934. The number of amides is 1. The van der Waals surface area contributed by atoms with Crippen molar-refractivity contribution in [2.75, 3.05) is 5.32 Å². The molecule has 0 aromatic heterocycles. The molecule has 0 aliphatic heterocycles. The molecule has 0 fully saturated rings. The molecule has 0 spiro atoms. The van der Waals surface area contributed by atoms with E-state index in [1.807, 2.05) is 32.0 Å². The highest BCUT2D eigenvalue weighted by molar-refractivity contribution is 14.1. The van der Waals surface area contributed by atoms with Crippen LogP contribution in [0.25, 0.3) is 0 Å². The maximum atomic E-state index is 11.5. The number of halogens is 2. The first-order valence-corrected chi connectivity index (χ1v) is 7.31. The lowest BCUT2D eigenvalue weighted by molar-refractivity contribution is -0.120. The Balaban J connectivity index is 2.57. The number of carbonyl (C=O) groups excluding carboxylic acids is 1. The molecule has 2 N–H and O–H groups in total. The number of rotatable bonds is 3. The highest BCUT2D eigenvalue weighted by Crippen LogP contribution is 2.23. The summed E-state index contributed by atoms with van der Waals surface area (Å²) in [7, 11) is 0. The molecule has 0 aliphatic rings. The summed E-state index contributed by atoms with van der Waals surface area (Å²) in [5.41, 5.74) is 0.687. The van der Waals surface area contributed by atoms with Crippen molar-refractivity contribution >= 4 is 63.1 Å². The Labute approximate surface area is 131 Å². The normalized spacial score (nSPS) is 10.3. The van der Waals surface area contributed by atoms with Crippen molar-refractivity contribution in [3.05, 3.63) is 26.8 Å². The zero-order valence-corrected chi connectivity index (χ0v) is 13.8. The predicted molar refractivity (Wildman–Crippen MR) is 88.0 cm³/mol. The molecule has 0 atom stereocenters. The Morgan fingerprint density at radius 3 is 2.72 bits per heavy atom. The number of hydrogen-bond donors (Lipinski definition) is 2. The Kier molecular flexibility index (Phi) is 6.31. The molecular weight excluding hydrogens is 383 g/mol. The fourth-order valence-corrected chi connectivity index (χ4v) is 2.42. The van der Waals surface area contributed by atoms with Crippen LogP contribution in [0.3, 0.4) is 0 Å². The number of hydrogen-bond acceptors (Lipinski definition) is 2. The van der Waals surface area contributed by atoms with E-state index in [0.717, 1.165) is 3.57 Å². The van der Waals surface area contributed by atoms with Gasteiger partial charge in [0.15, 0.2) is 5.11 Å². The summed E-state index contributed by atoms with van der Waals surface area (Å²) in [5, 5.41) is 6.37. The third-order valence-corrected chi connectivity index (χ3v) is 3.21. The minimum atomic E-state index is -0.0934. The third kappa shape index (κ3) is 5.49. The van der Waals surface area contributed by atoms with Crippen LogP contribution in [0.15, 0.2) is 18.2 Å². The Hall–Kier alpha value is -0.400. The largest absolute Gasteiger partial charge is 0.331 e. The fourth-order valence-electron chi connectivity index (χ4n) is 1.29. The summed E-state index contributed by atoms with van der Waals surface area (Å²) in [4.78, 5) is 11.5. The number of thiocarbonyl (C=S) groups is 1. The van der Waals surface area contributed by atoms with Gasteiger partial charge in [0.1, 0.15) is 0 Å². The lowest BCUT2D eigenvalue weighted by Crippen LogP contribution is -2.34. The molecule has 0 unspecified atom stereocenters. The molecule has 0 aliphatic carbocycles. The van der Waals surface area contributed by atoms with Gasteiger partial charge in [-0.2, -0.15) is 0 Å². The van der Waals surface area contributed by atoms with E-state index in [9.17, 15) is 4.79 Å². The first-order chi connectivity index (χ1) is 8.38. The van der Waals surface area contributed by atoms with Crippen molar-refractivity contribution in [2.24, 2.45) is 5.92 Å². The van der Waals surface area contributed by atoms with Crippen LogP contribution in [0.1, 0.15) is 20.3 Å². The van der Waals surface area contributed by atoms with Crippen molar-refractivity contribution < 1.29 is 4.79 Å². The molecule has 1 aromatic rings. The maximum Gasteiger partial charge on any atom is 0.226 e. The molecule has 0 bridgehead atoms. The highest BCUT2D eigenvalue weighted by atomic mass is 127. The second-order valence-electron chi connectivity index (χ2n) is 4.22. The second kappa shape index (κ2) is 7.25. The van der Waals surface area contributed by atoms with E-state index in [2.05, 4.69) is 33.2 Å². The number of carbonyl (C=O) groups is 1. The first-order valence-electron chi connectivity index (χ1n) is 5.44. The molecule has 1 amide bonds. The van der Waals surface area contributed by atoms with Crippen LogP contribution >= 0.6 is 46.4 Å². The topological polar surface area (TPSA) is 41.1 Å². The van der Waals surface area contributed by atoms with Crippen LogP contribution in [0.4, 0.5) is 5.69 Å². The summed E-state index contributed by atoms with van der Waals surface area (Å²) in [6.07, 6.45) is 0.447. The highest BCUT2D eigenvalue weighted by Gasteiger charge is 2.08. The SMILES string of the molecule is CC(C)CC(=O)NC(=S)Nc1ccc(I)cc1Cl. The van der Waals surface area contributed by atoms with Gasteiger partial charge in [-0.25, -0.2) is 0 Å². The molecule has 0 radical (unpaired) electrons. The smallest absolute Gasteiger partial charge is 0.226 e. The first kappa shape index (κ1) is 15.7. The molecular formula is C12H14ClIN2OS. The number of nitrogens with one attached hydrogen (secondary N) is 2. The summed E-state index contributed by atoms with van der Waals surface area (Å²) < 4.78 is 1.04. The average Bonchev–Trinajstić information content (AvgIpc) is 2.20. The molecule has 98 valence electrons. The summed E-state index contributed by atoms with van der Waals surface area (Å²) in [5.74, 6) is 0.207. The zero-order chi connectivity index (χ0) is 13.7. The molecule has 0 saturated carbocycles. The molecule has 3 nitrogen and oxygen atoms in total. The average molecular weight is 397 g/mol. The van der Waals surface area contributed by atoms with E-state index < -0.39 is 0 Å². The van der Waals surface area contributed by atoms with Gasteiger partial charge >= 0.3 is 0 Å². The van der Waals surface area contributed by atoms with Crippen LogP contribution < -0.4 is 10.6 Å². The van der Waals surface area contributed by atoms with E-state index in [4.69, 9.17) is 23.8 Å². The summed E-state index contributed by atoms with van der Waals surface area (Å²) >= 11 is 13.3. The monoisotopic (exact) mass is 396 g/mol. The van der Waals surface area contributed by atoms with Crippen molar-refractivity contribution in [3.8, 4) is 0 Å². The predicted octanol–water partition coefficient (Wildman–Crippen LogP) is 3.80. The lowest BCUT2D eigenvalue weighted by Gasteiger charge is -2.11. The maximum absolute atomic E-state index is 11.5. The third-order valence-electron chi connectivity index (χ3n) is 2.03. The van der Waals surface area contributed by atoms with Crippen LogP contribution in [-0.2, 0) is 4.79 Å². The minimum Gasteiger partial charge on any atom is -0.331 e. The fraction of sp³-hybridized carbons (Fsp3) is 0.333. The van der Waals surface area contributed by atoms with Crippen molar-refractivity contribution in [1.82, 2.24) is 5.32 Å². The van der Waals surface area contributed by atoms with E-state index >= 15 is 0 Å². The van der Waals surface area contributed by atoms with Crippen molar-refractivity contribution in [2.45, 2.75) is 20.3 Å². The van der Waals surface area contributed by atoms with Gasteiger partial charge in [0.2, 0.25) is 5.91 Å². The molecule has 0 heterocycles. The summed E-state index contributed by atoms with van der Waals surface area (Å²) in [6, 6.07) is 5.56. The van der Waals surface area contributed by atoms with Gasteiger partial charge in [-0.05, 0) is 58.9 Å². The standard InChI is InChI=1S/C12H14ClIN2OS/c1-7(2)5-11(17)16-12(18)15-10-4-3-8(14)6-9(10)13/h3-4,6-7H,5H2,1-2H3,(H2,15,16,17,18). The van der Waals surface area contributed by atoms with Crippen LogP contribution in [-0.4, -0.2) is 11.0 Å². The van der Waals surface area contributed by atoms with E-state index in [0.29, 0.717) is 23.0 Å². The van der Waals surface area contributed by atoms with Gasteiger partial charge < -0.3 is 10.6 Å². The summed E-state index contributed by atoms with van der Waals surface area (Å²) in [6.45, 7) is 3.96. The van der Waals surface area contributed by atoms with Crippen LogP contribution in [0, 0.1) is 9.49 Å². The molecule has 6 heteroatoms. The Morgan fingerprint density at radius 2 is 2.17 bits per heavy atom. The van der Waals surface area contributed by atoms with Gasteiger partial charge in [0.25, 0.3) is 0 Å². The van der Waals surface area contributed by atoms with E-state index in [-0.39, 0.29) is 11.0 Å². The molecule has 1 rings (SSSR count). The van der Waals surface area contributed by atoms with Gasteiger partial charge in [-0.1, -0.05) is 25.4 Å².